The normalized spacial score (nSPS) is 10.3. The Morgan fingerprint density at radius 1 is 1.56 bits per heavy atom. The Bertz CT molecular complexity index is 582. The van der Waals surface area contributed by atoms with Gasteiger partial charge in [0, 0.05) is 13.0 Å². The van der Waals surface area contributed by atoms with E-state index in [2.05, 4.69) is 10.1 Å². The van der Waals surface area contributed by atoms with Crippen LogP contribution in [0.15, 0.2) is 22.7 Å². The minimum atomic E-state index is -1.20. The van der Waals surface area contributed by atoms with Crippen molar-refractivity contribution >= 4 is 5.97 Å². The summed E-state index contributed by atoms with van der Waals surface area (Å²) in [6, 6.07) is 3.18. The third kappa shape index (κ3) is 2.62. The molecule has 0 fully saturated rings. The second-order valence-electron chi connectivity index (χ2n) is 3.46. The Morgan fingerprint density at radius 3 is 2.94 bits per heavy atom. The van der Waals surface area contributed by atoms with Crippen molar-refractivity contribution in [1.29, 1.82) is 0 Å². The highest BCUT2D eigenvalue weighted by Gasteiger charge is 2.13. The van der Waals surface area contributed by atoms with E-state index in [4.69, 9.17) is 14.4 Å². The van der Waals surface area contributed by atoms with Gasteiger partial charge in [0.2, 0.25) is 11.7 Å². The fraction of sp³-hybridized carbons (Fsp3) is 0.182. The van der Waals surface area contributed by atoms with E-state index in [1.165, 1.54) is 0 Å². The van der Waals surface area contributed by atoms with E-state index in [1.54, 1.807) is 6.92 Å². The molecular formula is C11H9FN2O4. The van der Waals surface area contributed by atoms with Gasteiger partial charge in [0.05, 0.1) is 0 Å². The number of rotatable bonds is 4. The number of halogens is 1. The van der Waals surface area contributed by atoms with Crippen molar-refractivity contribution in [2.24, 2.45) is 0 Å². The number of hydrogen-bond donors (Lipinski definition) is 1. The van der Waals surface area contributed by atoms with E-state index in [1.807, 2.05) is 0 Å². The van der Waals surface area contributed by atoms with Gasteiger partial charge in [-0.3, -0.25) is 0 Å². The molecule has 0 atom stereocenters. The van der Waals surface area contributed by atoms with E-state index in [0.29, 0.717) is 5.89 Å². The van der Waals surface area contributed by atoms with Crippen LogP contribution in [-0.4, -0.2) is 21.2 Å². The topological polar surface area (TPSA) is 85.5 Å². The first-order valence-electron chi connectivity index (χ1n) is 5.01. The molecule has 0 saturated heterocycles. The molecule has 0 aliphatic heterocycles. The summed E-state index contributed by atoms with van der Waals surface area (Å²) in [6.07, 6.45) is 0. The van der Waals surface area contributed by atoms with Gasteiger partial charge in [-0.15, -0.1) is 0 Å². The zero-order chi connectivity index (χ0) is 13.1. The number of aryl methyl sites for hydroxylation is 1. The summed E-state index contributed by atoms with van der Waals surface area (Å²) < 4.78 is 22.9. The smallest absolute Gasteiger partial charge is 0.339 e. The number of ether oxygens (including phenoxy) is 1. The SMILES string of the molecule is Cc1nc(COc2cc(F)ccc2C(=O)O)no1. The zero-order valence-electron chi connectivity index (χ0n) is 9.38. The lowest BCUT2D eigenvalue weighted by Gasteiger charge is -2.06. The molecule has 0 aliphatic carbocycles. The largest absolute Gasteiger partial charge is 0.484 e. The van der Waals surface area contributed by atoms with Crippen LogP contribution in [0.3, 0.4) is 0 Å². The van der Waals surface area contributed by atoms with Crippen molar-refractivity contribution in [2.75, 3.05) is 0 Å². The molecule has 2 rings (SSSR count). The van der Waals surface area contributed by atoms with Gasteiger partial charge in [0.15, 0.2) is 6.61 Å². The van der Waals surface area contributed by atoms with E-state index >= 15 is 0 Å². The summed E-state index contributed by atoms with van der Waals surface area (Å²) in [4.78, 5) is 14.8. The monoisotopic (exact) mass is 252 g/mol. The van der Waals surface area contributed by atoms with Gasteiger partial charge < -0.3 is 14.4 Å². The molecule has 0 aliphatic rings. The predicted molar refractivity (Wildman–Crippen MR) is 56.7 cm³/mol. The van der Waals surface area contributed by atoms with E-state index in [-0.39, 0.29) is 23.7 Å². The van der Waals surface area contributed by atoms with Crippen molar-refractivity contribution in [1.82, 2.24) is 10.1 Å². The van der Waals surface area contributed by atoms with Crippen molar-refractivity contribution in [3.63, 3.8) is 0 Å². The van der Waals surface area contributed by atoms with Gasteiger partial charge in [0.25, 0.3) is 0 Å². The molecular weight excluding hydrogens is 243 g/mol. The number of hydrogen-bond acceptors (Lipinski definition) is 5. The highest BCUT2D eigenvalue weighted by molar-refractivity contribution is 5.90. The molecule has 6 nitrogen and oxygen atoms in total. The highest BCUT2D eigenvalue weighted by atomic mass is 19.1. The molecule has 0 radical (unpaired) electrons. The lowest BCUT2D eigenvalue weighted by Crippen LogP contribution is -2.04. The van der Waals surface area contributed by atoms with E-state index < -0.39 is 11.8 Å². The summed E-state index contributed by atoms with van der Waals surface area (Å²) >= 11 is 0. The average Bonchev–Trinajstić information content (AvgIpc) is 2.72. The van der Waals surface area contributed by atoms with Crippen LogP contribution in [0.1, 0.15) is 22.1 Å². The Morgan fingerprint density at radius 2 is 2.33 bits per heavy atom. The molecule has 0 unspecified atom stereocenters. The second-order valence-corrected chi connectivity index (χ2v) is 3.46. The molecule has 0 bridgehead atoms. The van der Waals surface area contributed by atoms with Crippen LogP contribution in [-0.2, 0) is 6.61 Å². The zero-order valence-corrected chi connectivity index (χ0v) is 9.38. The lowest BCUT2D eigenvalue weighted by atomic mass is 10.2. The molecule has 94 valence electrons. The molecule has 1 N–H and O–H groups in total. The summed E-state index contributed by atoms with van der Waals surface area (Å²) in [5.41, 5.74) is -0.128. The highest BCUT2D eigenvalue weighted by Crippen LogP contribution is 2.20. The number of nitrogens with zero attached hydrogens (tertiary/aromatic N) is 2. The minimum Gasteiger partial charge on any atom is -0.484 e. The predicted octanol–water partition coefficient (Wildman–Crippen LogP) is 1.79. The maximum absolute atomic E-state index is 13.0. The summed E-state index contributed by atoms with van der Waals surface area (Å²) in [5, 5.41) is 12.5. The Balaban J connectivity index is 2.17. The summed E-state index contributed by atoms with van der Waals surface area (Å²) in [5.74, 6) is -1.24. The van der Waals surface area contributed by atoms with Crippen molar-refractivity contribution < 1.29 is 23.6 Å². The molecule has 1 aromatic heterocycles. The van der Waals surface area contributed by atoms with Crippen LogP contribution in [0.4, 0.5) is 4.39 Å². The fourth-order valence-corrected chi connectivity index (χ4v) is 1.33. The average molecular weight is 252 g/mol. The molecule has 0 spiro atoms. The number of aromatic nitrogens is 2. The first-order valence-corrected chi connectivity index (χ1v) is 5.01. The van der Waals surface area contributed by atoms with Crippen LogP contribution >= 0.6 is 0 Å². The molecule has 0 saturated carbocycles. The van der Waals surface area contributed by atoms with Gasteiger partial charge >= 0.3 is 5.97 Å². The molecule has 1 aromatic carbocycles. The van der Waals surface area contributed by atoms with Crippen LogP contribution < -0.4 is 4.74 Å². The van der Waals surface area contributed by atoms with Crippen LogP contribution in [0, 0.1) is 12.7 Å². The molecule has 0 amide bonds. The Hall–Kier alpha value is -2.44. The van der Waals surface area contributed by atoms with E-state index in [9.17, 15) is 9.18 Å². The summed E-state index contributed by atoms with van der Waals surface area (Å²) in [6.45, 7) is 1.52. The number of carboxylic acids is 1. The van der Waals surface area contributed by atoms with Crippen LogP contribution in [0.5, 0.6) is 5.75 Å². The van der Waals surface area contributed by atoms with Crippen molar-refractivity contribution in [3.8, 4) is 5.75 Å². The molecule has 1 heterocycles. The third-order valence-electron chi connectivity index (χ3n) is 2.10. The maximum Gasteiger partial charge on any atom is 0.339 e. The van der Waals surface area contributed by atoms with Crippen LogP contribution in [0.2, 0.25) is 0 Å². The first-order chi connectivity index (χ1) is 8.56. The number of aromatic carboxylic acids is 1. The minimum absolute atomic E-state index is 0.0787. The number of carboxylic acid groups (broad SMARTS) is 1. The lowest BCUT2D eigenvalue weighted by molar-refractivity contribution is 0.0691. The standard InChI is InChI=1S/C11H9FN2O4/c1-6-13-10(14-18-6)5-17-9-4-7(12)2-3-8(9)11(15)16/h2-4H,5H2,1H3,(H,15,16). The fourth-order valence-electron chi connectivity index (χ4n) is 1.33. The molecule has 7 heteroatoms. The summed E-state index contributed by atoms with van der Waals surface area (Å²) in [7, 11) is 0. The maximum atomic E-state index is 13.0. The van der Waals surface area contributed by atoms with Gasteiger partial charge in [-0.25, -0.2) is 9.18 Å². The van der Waals surface area contributed by atoms with Crippen molar-refractivity contribution in [3.05, 3.63) is 41.3 Å². The first kappa shape index (κ1) is 12.0. The van der Waals surface area contributed by atoms with Gasteiger partial charge in [0.1, 0.15) is 17.1 Å². The number of benzene rings is 1. The molecule has 2 aromatic rings. The third-order valence-corrected chi connectivity index (χ3v) is 2.10. The van der Waals surface area contributed by atoms with E-state index in [0.717, 1.165) is 18.2 Å². The second kappa shape index (κ2) is 4.82. The van der Waals surface area contributed by atoms with Gasteiger partial charge in [-0.2, -0.15) is 4.98 Å². The molecule has 18 heavy (non-hydrogen) atoms. The van der Waals surface area contributed by atoms with Gasteiger partial charge in [-0.05, 0) is 12.1 Å². The van der Waals surface area contributed by atoms with Crippen LogP contribution in [0.25, 0.3) is 0 Å². The van der Waals surface area contributed by atoms with Crippen molar-refractivity contribution in [2.45, 2.75) is 13.5 Å². The number of carbonyl (C=O) groups is 1. The Kier molecular flexibility index (Phi) is 3.22. The Labute approximate surface area is 101 Å². The van der Waals surface area contributed by atoms with Gasteiger partial charge in [-0.1, -0.05) is 5.16 Å². The quantitative estimate of drug-likeness (QED) is 0.892.